The molecule has 7 heteroatoms. The number of amides is 1. The van der Waals surface area contributed by atoms with Gasteiger partial charge in [0.1, 0.15) is 5.82 Å². The van der Waals surface area contributed by atoms with Crippen LogP contribution in [0.3, 0.4) is 0 Å². The van der Waals surface area contributed by atoms with Gasteiger partial charge in [-0.3, -0.25) is 9.52 Å². The first kappa shape index (κ1) is 14.0. The second-order valence-corrected chi connectivity index (χ2v) is 5.66. The third-order valence-corrected chi connectivity index (χ3v) is 3.91. The van der Waals surface area contributed by atoms with E-state index in [0.717, 1.165) is 12.1 Å². The number of nitrogens with one attached hydrogen (secondary N) is 1. The van der Waals surface area contributed by atoms with Crippen LogP contribution in [0.2, 0.25) is 0 Å². The summed E-state index contributed by atoms with van der Waals surface area (Å²) in [5, 5.41) is 0. The Labute approximate surface area is 115 Å². The van der Waals surface area contributed by atoms with Crippen molar-refractivity contribution in [2.75, 3.05) is 4.72 Å². The first-order valence-corrected chi connectivity index (χ1v) is 7.06. The number of hydrogen-bond donors (Lipinski definition) is 2. The zero-order valence-corrected chi connectivity index (χ0v) is 11.0. The minimum absolute atomic E-state index is 0.0347. The van der Waals surface area contributed by atoms with E-state index < -0.39 is 21.7 Å². The van der Waals surface area contributed by atoms with Gasteiger partial charge in [0.25, 0.3) is 15.9 Å². The zero-order chi connectivity index (χ0) is 14.8. The summed E-state index contributed by atoms with van der Waals surface area (Å²) in [7, 11) is -3.99. The molecule has 0 saturated carbocycles. The minimum atomic E-state index is -3.99. The quantitative estimate of drug-likeness (QED) is 0.899. The Morgan fingerprint density at radius 2 is 1.80 bits per heavy atom. The van der Waals surface area contributed by atoms with Gasteiger partial charge in [-0.05, 0) is 30.3 Å². The molecular weight excluding hydrogens is 283 g/mol. The lowest BCUT2D eigenvalue weighted by molar-refractivity contribution is 0.100. The van der Waals surface area contributed by atoms with Crippen molar-refractivity contribution in [2.45, 2.75) is 4.90 Å². The molecule has 2 aromatic rings. The van der Waals surface area contributed by atoms with E-state index in [1.807, 2.05) is 0 Å². The van der Waals surface area contributed by atoms with Gasteiger partial charge in [0.15, 0.2) is 0 Å². The van der Waals surface area contributed by atoms with Crippen molar-refractivity contribution in [3.63, 3.8) is 0 Å². The Morgan fingerprint density at radius 1 is 1.10 bits per heavy atom. The molecule has 0 aromatic heterocycles. The van der Waals surface area contributed by atoms with E-state index in [4.69, 9.17) is 5.73 Å². The Morgan fingerprint density at radius 3 is 2.45 bits per heavy atom. The molecule has 0 unspecified atom stereocenters. The minimum Gasteiger partial charge on any atom is -0.366 e. The van der Waals surface area contributed by atoms with E-state index in [2.05, 4.69) is 4.72 Å². The van der Waals surface area contributed by atoms with Crippen LogP contribution in [0.15, 0.2) is 53.4 Å². The molecule has 0 radical (unpaired) electrons. The van der Waals surface area contributed by atoms with Crippen LogP contribution < -0.4 is 10.5 Å². The Balaban J connectivity index is 2.41. The maximum absolute atomic E-state index is 13.1. The lowest BCUT2D eigenvalue weighted by atomic mass is 10.2. The molecular formula is C13H11FN2O3S. The van der Waals surface area contributed by atoms with Gasteiger partial charge >= 0.3 is 0 Å². The highest BCUT2D eigenvalue weighted by atomic mass is 32.2. The molecule has 3 N–H and O–H groups in total. The number of anilines is 1. The summed E-state index contributed by atoms with van der Waals surface area (Å²) >= 11 is 0. The maximum Gasteiger partial charge on any atom is 0.262 e. The van der Waals surface area contributed by atoms with Crippen LogP contribution in [0.1, 0.15) is 10.4 Å². The first-order valence-electron chi connectivity index (χ1n) is 5.57. The molecule has 0 fully saturated rings. The van der Waals surface area contributed by atoms with Crippen LogP contribution in [-0.2, 0) is 10.0 Å². The van der Waals surface area contributed by atoms with Crippen LogP contribution in [0, 0.1) is 5.82 Å². The highest BCUT2D eigenvalue weighted by molar-refractivity contribution is 7.92. The summed E-state index contributed by atoms with van der Waals surface area (Å²) in [6.07, 6.45) is 0. The second-order valence-electron chi connectivity index (χ2n) is 3.97. The average Bonchev–Trinajstić information content (AvgIpc) is 2.38. The molecule has 5 nitrogen and oxygen atoms in total. The smallest absolute Gasteiger partial charge is 0.262 e. The number of para-hydroxylation sites is 1. The highest BCUT2D eigenvalue weighted by Crippen LogP contribution is 2.20. The molecule has 2 aromatic carbocycles. The van der Waals surface area contributed by atoms with Crippen molar-refractivity contribution in [1.82, 2.24) is 0 Å². The summed E-state index contributed by atoms with van der Waals surface area (Å²) < 4.78 is 39.5. The number of carbonyl (C=O) groups excluding carboxylic acids is 1. The number of halogens is 1. The fraction of sp³-hybridized carbons (Fsp3) is 0. The van der Waals surface area contributed by atoms with Crippen LogP contribution in [0.25, 0.3) is 0 Å². The van der Waals surface area contributed by atoms with Crippen molar-refractivity contribution >= 4 is 21.6 Å². The SMILES string of the molecule is NC(=O)c1ccccc1NS(=O)(=O)c1cccc(F)c1. The van der Waals surface area contributed by atoms with Gasteiger partial charge in [-0.15, -0.1) is 0 Å². The summed E-state index contributed by atoms with van der Waals surface area (Å²) in [5.74, 6) is -1.43. The van der Waals surface area contributed by atoms with E-state index in [9.17, 15) is 17.6 Å². The number of primary amides is 1. The molecule has 104 valence electrons. The summed E-state index contributed by atoms with van der Waals surface area (Å²) in [5.41, 5.74) is 5.24. The number of benzene rings is 2. The van der Waals surface area contributed by atoms with E-state index in [1.165, 1.54) is 24.3 Å². The van der Waals surface area contributed by atoms with Crippen LogP contribution >= 0.6 is 0 Å². The topological polar surface area (TPSA) is 89.3 Å². The standard InChI is InChI=1S/C13H11FN2O3S/c14-9-4-3-5-10(8-9)20(18,19)16-12-7-2-1-6-11(12)13(15)17/h1-8,16H,(H2,15,17). The van der Waals surface area contributed by atoms with Gasteiger partial charge in [-0.2, -0.15) is 0 Å². The highest BCUT2D eigenvalue weighted by Gasteiger charge is 2.17. The van der Waals surface area contributed by atoms with Gasteiger partial charge in [0.05, 0.1) is 16.1 Å². The maximum atomic E-state index is 13.1. The summed E-state index contributed by atoms with van der Waals surface area (Å²) in [6, 6.07) is 10.5. The molecule has 2 rings (SSSR count). The van der Waals surface area contributed by atoms with Crippen LogP contribution in [0.5, 0.6) is 0 Å². The lowest BCUT2D eigenvalue weighted by Gasteiger charge is -2.10. The average molecular weight is 294 g/mol. The first-order chi connectivity index (χ1) is 9.40. The largest absolute Gasteiger partial charge is 0.366 e. The normalized spacial score (nSPS) is 11.1. The third kappa shape index (κ3) is 2.94. The Hall–Kier alpha value is -2.41. The van der Waals surface area contributed by atoms with Crippen molar-refractivity contribution in [2.24, 2.45) is 5.73 Å². The molecule has 1 amide bonds. The molecule has 0 saturated heterocycles. The predicted molar refractivity (Wildman–Crippen MR) is 72.2 cm³/mol. The predicted octanol–water partition coefficient (Wildman–Crippen LogP) is 1.73. The molecule has 0 atom stereocenters. The zero-order valence-electron chi connectivity index (χ0n) is 10.2. The number of hydrogen-bond acceptors (Lipinski definition) is 3. The molecule has 0 bridgehead atoms. The molecule has 0 heterocycles. The Bertz CT molecular complexity index is 760. The fourth-order valence-corrected chi connectivity index (χ4v) is 2.74. The molecule has 0 aliphatic heterocycles. The number of nitrogens with two attached hydrogens (primary N) is 1. The molecule has 0 aliphatic rings. The summed E-state index contributed by atoms with van der Waals surface area (Å²) in [4.78, 5) is 11.0. The number of rotatable bonds is 4. The lowest BCUT2D eigenvalue weighted by Crippen LogP contribution is -2.18. The third-order valence-electron chi connectivity index (χ3n) is 2.54. The van der Waals surface area contributed by atoms with Gasteiger partial charge < -0.3 is 5.73 Å². The number of sulfonamides is 1. The van der Waals surface area contributed by atoms with Gasteiger partial charge in [-0.25, -0.2) is 12.8 Å². The Kier molecular flexibility index (Phi) is 3.71. The monoisotopic (exact) mass is 294 g/mol. The summed E-state index contributed by atoms with van der Waals surface area (Å²) in [6.45, 7) is 0. The van der Waals surface area contributed by atoms with Crippen molar-refractivity contribution in [3.8, 4) is 0 Å². The van der Waals surface area contributed by atoms with E-state index in [-0.39, 0.29) is 16.1 Å². The van der Waals surface area contributed by atoms with E-state index in [1.54, 1.807) is 12.1 Å². The molecule has 20 heavy (non-hydrogen) atoms. The van der Waals surface area contributed by atoms with Crippen molar-refractivity contribution in [3.05, 3.63) is 59.9 Å². The van der Waals surface area contributed by atoms with Crippen molar-refractivity contribution in [1.29, 1.82) is 0 Å². The second kappa shape index (κ2) is 5.30. The van der Waals surface area contributed by atoms with E-state index >= 15 is 0 Å². The molecule has 0 spiro atoms. The van der Waals surface area contributed by atoms with Crippen LogP contribution in [-0.4, -0.2) is 14.3 Å². The van der Waals surface area contributed by atoms with Gasteiger partial charge in [-0.1, -0.05) is 18.2 Å². The fourth-order valence-electron chi connectivity index (χ4n) is 1.62. The van der Waals surface area contributed by atoms with Crippen molar-refractivity contribution < 1.29 is 17.6 Å². The van der Waals surface area contributed by atoms with E-state index in [0.29, 0.717) is 0 Å². The number of carbonyl (C=O) groups is 1. The van der Waals surface area contributed by atoms with Crippen LogP contribution in [0.4, 0.5) is 10.1 Å². The van der Waals surface area contributed by atoms with Gasteiger partial charge in [0, 0.05) is 0 Å². The van der Waals surface area contributed by atoms with Gasteiger partial charge in [0.2, 0.25) is 0 Å². The molecule has 0 aliphatic carbocycles.